The van der Waals surface area contributed by atoms with Crippen molar-refractivity contribution in [3.05, 3.63) is 29.3 Å². The van der Waals surface area contributed by atoms with Crippen LogP contribution in [0.3, 0.4) is 0 Å². The Hall–Kier alpha value is -1.55. The highest BCUT2D eigenvalue weighted by atomic mass is 35.5. The van der Waals surface area contributed by atoms with Crippen molar-refractivity contribution in [3.8, 4) is 0 Å². The number of halogens is 1. The molecular weight excluding hydrogens is 254 g/mol. The molecule has 0 bridgehead atoms. The van der Waals surface area contributed by atoms with Gasteiger partial charge in [-0.15, -0.1) is 0 Å². The van der Waals surface area contributed by atoms with Crippen molar-refractivity contribution >= 4 is 29.2 Å². The normalized spacial score (nSPS) is 19.8. The Morgan fingerprint density at radius 2 is 2.28 bits per heavy atom. The van der Waals surface area contributed by atoms with Gasteiger partial charge in [0.1, 0.15) is 6.04 Å². The SMILES string of the molecule is COC(=O)C1CCCC(=O)N1c1cccc(Cl)c1. The number of anilines is 1. The van der Waals surface area contributed by atoms with E-state index in [0.29, 0.717) is 30.0 Å². The second-order valence-electron chi connectivity index (χ2n) is 4.17. The van der Waals surface area contributed by atoms with Crippen molar-refractivity contribution < 1.29 is 14.3 Å². The van der Waals surface area contributed by atoms with Gasteiger partial charge in [-0.05, 0) is 31.0 Å². The molecule has 1 fully saturated rings. The molecule has 1 aliphatic heterocycles. The Labute approximate surface area is 110 Å². The zero-order chi connectivity index (χ0) is 13.1. The lowest BCUT2D eigenvalue weighted by atomic mass is 10.0. The predicted octanol–water partition coefficient (Wildman–Crippen LogP) is 2.40. The van der Waals surface area contributed by atoms with Crippen LogP contribution in [-0.4, -0.2) is 25.0 Å². The fourth-order valence-corrected chi connectivity index (χ4v) is 2.36. The lowest BCUT2D eigenvalue weighted by molar-refractivity contribution is -0.144. The van der Waals surface area contributed by atoms with Crippen LogP contribution in [0, 0.1) is 0 Å². The van der Waals surface area contributed by atoms with Crippen LogP contribution in [0.5, 0.6) is 0 Å². The van der Waals surface area contributed by atoms with Gasteiger partial charge >= 0.3 is 5.97 Å². The van der Waals surface area contributed by atoms with Crippen LogP contribution in [0.4, 0.5) is 5.69 Å². The molecule has 5 heteroatoms. The summed E-state index contributed by atoms with van der Waals surface area (Å²) < 4.78 is 4.75. The highest BCUT2D eigenvalue weighted by molar-refractivity contribution is 6.31. The molecular formula is C13H14ClNO3. The summed E-state index contributed by atoms with van der Waals surface area (Å²) in [6.07, 6.45) is 1.76. The summed E-state index contributed by atoms with van der Waals surface area (Å²) in [5.41, 5.74) is 0.641. The van der Waals surface area contributed by atoms with E-state index in [1.165, 1.54) is 12.0 Å². The van der Waals surface area contributed by atoms with E-state index in [9.17, 15) is 9.59 Å². The first-order chi connectivity index (χ1) is 8.63. The molecule has 0 aromatic heterocycles. The third-order valence-electron chi connectivity index (χ3n) is 3.01. The van der Waals surface area contributed by atoms with Crippen LogP contribution in [0.25, 0.3) is 0 Å². The Morgan fingerprint density at radius 1 is 1.50 bits per heavy atom. The van der Waals surface area contributed by atoms with Crippen LogP contribution >= 0.6 is 11.6 Å². The molecule has 0 saturated carbocycles. The maximum atomic E-state index is 12.0. The van der Waals surface area contributed by atoms with E-state index < -0.39 is 6.04 Å². The molecule has 4 nitrogen and oxygen atoms in total. The standard InChI is InChI=1S/C13H14ClNO3/c1-18-13(17)11-6-3-7-12(16)15(11)10-5-2-4-9(14)8-10/h2,4-5,8,11H,3,6-7H2,1H3. The van der Waals surface area contributed by atoms with Gasteiger partial charge in [0.2, 0.25) is 5.91 Å². The van der Waals surface area contributed by atoms with E-state index in [1.807, 2.05) is 0 Å². The fourth-order valence-electron chi connectivity index (χ4n) is 2.18. The zero-order valence-corrected chi connectivity index (χ0v) is 10.8. The van der Waals surface area contributed by atoms with Crippen molar-refractivity contribution in [2.45, 2.75) is 25.3 Å². The number of rotatable bonds is 2. The second-order valence-corrected chi connectivity index (χ2v) is 4.61. The zero-order valence-electron chi connectivity index (χ0n) is 10.1. The number of piperidine rings is 1. The summed E-state index contributed by atoms with van der Waals surface area (Å²) in [4.78, 5) is 25.2. The topological polar surface area (TPSA) is 46.6 Å². The first-order valence-electron chi connectivity index (χ1n) is 5.79. The molecule has 0 N–H and O–H groups in total. The maximum Gasteiger partial charge on any atom is 0.328 e. The average molecular weight is 268 g/mol. The molecule has 1 heterocycles. The lowest BCUT2D eigenvalue weighted by Gasteiger charge is -2.33. The van der Waals surface area contributed by atoms with Crippen LogP contribution in [0.15, 0.2) is 24.3 Å². The van der Waals surface area contributed by atoms with E-state index >= 15 is 0 Å². The number of methoxy groups -OCH3 is 1. The van der Waals surface area contributed by atoms with E-state index in [1.54, 1.807) is 24.3 Å². The molecule has 1 saturated heterocycles. The molecule has 1 atom stereocenters. The number of hydrogen-bond donors (Lipinski definition) is 0. The van der Waals surface area contributed by atoms with Gasteiger partial charge in [-0.2, -0.15) is 0 Å². The summed E-state index contributed by atoms with van der Waals surface area (Å²) in [7, 11) is 1.33. The third-order valence-corrected chi connectivity index (χ3v) is 3.24. The molecule has 0 aliphatic carbocycles. The highest BCUT2D eigenvalue weighted by Gasteiger charge is 2.34. The van der Waals surface area contributed by atoms with Gasteiger partial charge in [0, 0.05) is 17.1 Å². The molecule has 1 amide bonds. The van der Waals surface area contributed by atoms with E-state index in [0.717, 1.165) is 0 Å². The molecule has 96 valence electrons. The Bertz CT molecular complexity index is 475. The van der Waals surface area contributed by atoms with Gasteiger partial charge in [-0.25, -0.2) is 4.79 Å². The largest absolute Gasteiger partial charge is 0.467 e. The number of carbonyl (C=O) groups excluding carboxylic acids is 2. The number of ether oxygens (including phenoxy) is 1. The maximum absolute atomic E-state index is 12.0. The molecule has 1 aromatic rings. The molecule has 2 rings (SSSR count). The van der Waals surface area contributed by atoms with Crippen molar-refractivity contribution in [1.29, 1.82) is 0 Å². The predicted molar refractivity (Wildman–Crippen MR) is 68.6 cm³/mol. The van der Waals surface area contributed by atoms with Crippen LogP contribution in [0.1, 0.15) is 19.3 Å². The van der Waals surface area contributed by atoms with Gasteiger partial charge < -0.3 is 4.74 Å². The van der Waals surface area contributed by atoms with Gasteiger partial charge in [0.15, 0.2) is 0 Å². The molecule has 0 spiro atoms. The van der Waals surface area contributed by atoms with Crippen molar-refractivity contribution in [2.75, 3.05) is 12.0 Å². The second kappa shape index (κ2) is 5.40. The lowest BCUT2D eigenvalue weighted by Crippen LogP contribution is -2.48. The first kappa shape index (κ1) is 12.9. The van der Waals surface area contributed by atoms with E-state index in [2.05, 4.69) is 0 Å². The van der Waals surface area contributed by atoms with Gasteiger partial charge in [0.25, 0.3) is 0 Å². The average Bonchev–Trinajstić information content (AvgIpc) is 2.37. The number of nitrogens with zero attached hydrogens (tertiary/aromatic N) is 1. The van der Waals surface area contributed by atoms with Crippen LogP contribution < -0.4 is 4.90 Å². The highest BCUT2D eigenvalue weighted by Crippen LogP contribution is 2.28. The van der Waals surface area contributed by atoms with Gasteiger partial charge in [0.05, 0.1) is 7.11 Å². The molecule has 1 unspecified atom stereocenters. The van der Waals surface area contributed by atoms with Crippen molar-refractivity contribution in [2.24, 2.45) is 0 Å². The van der Waals surface area contributed by atoms with Crippen LogP contribution in [-0.2, 0) is 14.3 Å². The molecule has 18 heavy (non-hydrogen) atoms. The smallest absolute Gasteiger partial charge is 0.328 e. The summed E-state index contributed by atoms with van der Waals surface area (Å²) in [6.45, 7) is 0. The van der Waals surface area contributed by atoms with E-state index in [4.69, 9.17) is 16.3 Å². The number of amides is 1. The summed E-state index contributed by atoms with van der Waals surface area (Å²) in [5.74, 6) is -0.457. The number of hydrogen-bond acceptors (Lipinski definition) is 3. The first-order valence-corrected chi connectivity index (χ1v) is 6.16. The minimum absolute atomic E-state index is 0.0704. The Morgan fingerprint density at radius 3 is 2.94 bits per heavy atom. The minimum Gasteiger partial charge on any atom is -0.467 e. The fraction of sp³-hybridized carbons (Fsp3) is 0.385. The number of benzene rings is 1. The number of carbonyl (C=O) groups is 2. The molecule has 0 radical (unpaired) electrons. The monoisotopic (exact) mass is 267 g/mol. The Balaban J connectivity index is 2.36. The van der Waals surface area contributed by atoms with Crippen LogP contribution in [0.2, 0.25) is 5.02 Å². The van der Waals surface area contributed by atoms with Crippen molar-refractivity contribution in [3.63, 3.8) is 0 Å². The number of esters is 1. The third kappa shape index (κ3) is 2.48. The molecule has 1 aliphatic rings. The van der Waals surface area contributed by atoms with Crippen molar-refractivity contribution in [1.82, 2.24) is 0 Å². The molecule has 1 aromatic carbocycles. The quantitative estimate of drug-likeness (QED) is 0.773. The summed E-state index contributed by atoms with van der Waals surface area (Å²) >= 11 is 5.92. The summed E-state index contributed by atoms with van der Waals surface area (Å²) in [5, 5.41) is 0.537. The summed E-state index contributed by atoms with van der Waals surface area (Å²) in [6, 6.07) is 6.39. The van der Waals surface area contributed by atoms with Gasteiger partial charge in [-0.1, -0.05) is 17.7 Å². The Kier molecular flexibility index (Phi) is 3.87. The van der Waals surface area contributed by atoms with E-state index in [-0.39, 0.29) is 11.9 Å². The van der Waals surface area contributed by atoms with Gasteiger partial charge in [-0.3, -0.25) is 9.69 Å². The minimum atomic E-state index is -0.547.